The molecule has 0 aliphatic heterocycles. The molecule has 0 rings (SSSR count). The van der Waals surface area contributed by atoms with Crippen LogP contribution in [0, 0.1) is 6.92 Å². The molecule has 0 saturated carbocycles. The van der Waals surface area contributed by atoms with Crippen molar-refractivity contribution in [2.24, 2.45) is 0 Å². The second kappa shape index (κ2) is 14.7. The van der Waals surface area contributed by atoms with E-state index in [2.05, 4.69) is 26.0 Å². The second-order valence-electron chi connectivity index (χ2n) is 4.73. The number of hydrogen-bond acceptors (Lipinski definition) is 0. The van der Waals surface area contributed by atoms with Crippen molar-refractivity contribution in [2.75, 3.05) is 0 Å². The van der Waals surface area contributed by atoms with Gasteiger partial charge in [0, 0.05) is 0 Å². The molecule has 0 saturated heterocycles. The van der Waals surface area contributed by atoms with Crippen molar-refractivity contribution >= 4 is 0 Å². The molecule has 0 heteroatoms. The van der Waals surface area contributed by atoms with Crippen LogP contribution in [0.2, 0.25) is 0 Å². The summed E-state index contributed by atoms with van der Waals surface area (Å²) in [5, 5.41) is 0. The average molecular weight is 223 g/mol. The summed E-state index contributed by atoms with van der Waals surface area (Å²) in [6, 6.07) is 0. The van der Waals surface area contributed by atoms with Crippen molar-refractivity contribution in [3.05, 3.63) is 19.1 Å². The van der Waals surface area contributed by atoms with Crippen LogP contribution in [0.25, 0.3) is 0 Å². The van der Waals surface area contributed by atoms with Crippen molar-refractivity contribution < 1.29 is 0 Å². The van der Waals surface area contributed by atoms with Crippen molar-refractivity contribution in [2.45, 2.75) is 84.0 Å². The van der Waals surface area contributed by atoms with E-state index in [0.29, 0.717) is 0 Å². The molecule has 0 aromatic carbocycles. The van der Waals surface area contributed by atoms with Gasteiger partial charge in [-0.25, -0.2) is 0 Å². The maximum atomic E-state index is 3.86. The first kappa shape index (κ1) is 15.7. The first-order valence-electron chi connectivity index (χ1n) is 7.36. The summed E-state index contributed by atoms with van der Waals surface area (Å²) in [7, 11) is 0. The van der Waals surface area contributed by atoms with Crippen LogP contribution in [0.1, 0.15) is 84.0 Å². The summed E-state index contributed by atoms with van der Waals surface area (Å²) in [5.74, 6) is 0. The van der Waals surface area contributed by atoms with E-state index in [1.165, 1.54) is 70.6 Å². The fourth-order valence-corrected chi connectivity index (χ4v) is 1.89. The normalized spacial score (nSPS) is 11.4. The fourth-order valence-electron chi connectivity index (χ4n) is 1.89. The Morgan fingerprint density at radius 3 is 1.75 bits per heavy atom. The van der Waals surface area contributed by atoms with E-state index < -0.39 is 0 Å². The largest absolute Gasteiger partial charge is 0.0885 e. The van der Waals surface area contributed by atoms with Gasteiger partial charge in [-0.15, -0.1) is 0 Å². The highest BCUT2D eigenvalue weighted by molar-refractivity contribution is 4.81. The third-order valence-electron chi connectivity index (χ3n) is 3.01. The van der Waals surface area contributed by atoms with Gasteiger partial charge < -0.3 is 0 Å². The molecule has 0 unspecified atom stereocenters. The molecule has 0 nitrogen and oxygen atoms in total. The van der Waals surface area contributed by atoms with E-state index in [1.807, 2.05) is 0 Å². The topological polar surface area (TPSA) is 0 Å². The first-order chi connectivity index (χ1) is 7.91. The lowest BCUT2D eigenvalue weighted by molar-refractivity contribution is 0.610. The molecule has 0 aliphatic carbocycles. The van der Waals surface area contributed by atoms with Gasteiger partial charge in [0.25, 0.3) is 0 Å². The van der Waals surface area contributed by atoms with Crippen LogP contribution < -0.4 is 0 Å². The van der Waals surface area contributed by atoms with Gasteiger partial charge in [-0.3, -0.25) is 0 Å². The number of allylic oxidation sites excluding steroid dienone is 2. The molecule has 95 valence electrons. The molecule has 0 amide bonds. The maximum absolute atomic E-state index is 3.86. The molecule has 0 atom stereocenters. The molecule has 0 aromatic rings. The molecular formula is C16H31. The Labute approximate surface area is 104 Å². The van der Waals surface area contributed by atoms with Gasteiger partial charge >= 0.3 is 0 Å². The highest BCUT2D eigenvalue weighted by Gasteiger charge is 1.88. The zero-order valence-electron chi connectivity index (χ0n) is 11.3. The smallest absolute Gasteiger partial charge is 0.0351 e. The molecule has 1 radical (unpaired) electrons. The van der Waals surface area contributed by atoms with Crippen molar-refractivity contribution in [1.82, 2.24) is 0 Å². The molecular weight excluding hydrogens is 192 g/mol. The molecule has 0 bridgehead atoms. The lowest BCUT2D eigenvalue weighted by atomic mass is 10.1. The van der Waals surface area contributed by atoms with Gasteiger partial charge in [0.15, 0.2) is 0 Å². The number of hydrogen-bond donors (Lipinski definition) is 0. The SMILES string of the molecule is [CH2]CCCCCC=CCCCCCCCC. The molecule has 0 aromatic heterocycles. The predicted octanol–water partition coefficient (Wildman–Crippen LogP) is 6.08. The van der Waals surface area contributed by atoms with Crippen LogP contribution in [0.3, 0.4) is 0 Å². The van der Waals surface area contributed by atoms with Gasteiger partial charge in [0.05, 0.1) is 0 Å². The van der Waals surface area contributed by atoms with Crippen LogP contribution in [0.15, 0.2) is 12.2 Å². The Bertz CT molecular complexity index is 135. The summed E-state index contributed by atoms with van der Waals surface area (Å²) in [6.45, 7) is 6.13. The standard InChI is InChI=1S/C16H31/c1-3-5-7-9-11-13-15-16-14-12-10-8-6-4-2/h13,15H,1,3-12,14,16H2,2H3. The first-order valence-corrected chi connectivity index (χ1v) is 7.36. The minimum Gasteiger partial charge on any atom is -0.0885 e. The minimum absolute atomic E-state index is 1.10. The number of rotatable bonds is 12. The molecule has 16 heavy (non-hydrogen) atoms. The zero-order chi connectivity index (χ0) is 11.9. The van der Waals surface area contributed by atoms with Gasteiger partial charge in [0.2, 0.25) is 0 Å². The van der Waals surface area contributed by atoms with E-state index in [9.17, 15) is 0 Å². The van der Waals surface area contributed by atoms with Crippen LogP contribution in [0.4, 0.5) is 0 Å². The van der Waals surface area contributed by atoms with Gasteiger partial charge in [-0.2, -0.15) is 0 Å². The van der Waals surface area contributed by atoms with Crippen LogP contribution in [0.5, 0.6) is 0 Å². The molecule has 0 fully saturated rings. The zero-order valence-corrected chi connectivity index (χ0v) is 11.3. The van der Waals surface area contributed by atoms with Crippen molar-refractivity contribution in [1.29, 1.82) is 0 Å². The Kier molecular flexibility index (Phi) is 14.5. The van der Waals surface area contributed by atoms with Gasteiger partial charge in [-0.1, -0.05) is 77.4 Å². The van der Waals surface area contributed by atoms with Crippen LogP contribution in [-0.4, -0.2) is 0 Å². The van der Waals surface area contributed by atoms with E-state index in [1.54, 1.807) is 0 Å². The summed E-state index contributed by atoms with van der Waals surface area (Å²) >= 11 is 0. The van der Waals surface area contributed by atoms with Crippen LogP contribution >= 0.6 is 0 Å². The Hall–Kier alpha value is -0.260. The molecule has 0 heterocycles. The quantitative estimate of drug-likeness (QED) is 0.278. The fraction of sp³-hybridized carbons (Fsp3) is 0.812. The lowest BCUT2D eigenvalue weighted by Crippen LogP contribution is -1.78. The highest BCUT2D eigenvalue weighted by atomic mass is 13.9. The molecule has 0 aliphatic rings. The third kappa shape index (κ3) is 13.7. The van der Waals surface area contributed by atoms with E-state index >= 15 is 0 Å². The Balaban J connectivity index is 2.98. The van der Waals surface area contributed by atoms with Gasteiger partial charge in [-0.05, 0) is 25.7 Å². The third-order valence-corrected chi connectivity index (χ3v) is 3.01. The summed E-state index contributed by atoms with van der Waals surface area (Å²) in [4.78, 5) is 0. The van der Waals surface area contributed by atoms with E-state index in [-0.39, 0.29) is 0 Å². The van der Waals surface area contributed by atoms with Crippen molar-refractivity contribution in [3.63, 3.8) is 0 Å². The minimum atomic E-state index is 1.10. The second-order valence-corrected chi connectivity index (χ2v) is 4.73. The highest BCUT2D eigenvalue weighted by Crippen LogP contribution is 2.08. The van der Waals surface area contributed by atoms with Crippen LogP contribution in [-0.2, 0) is 0 Å². The molecule has 0 spiro atoms. The van der Waals surface area contributed by atoms with E-state index in [0.717, 1.165) is 6.42 Å². The summed E-state index contributed by atoms with van der Waals surface area (Å²) < 4.78 is 0. The van der Waals surface area contributed by atoms with Gasteiger partial charge in [0.1, 0.15) is 0 Å². The number of unbranched alkanes of at least 4 members (excludes halogenated alkanes) is 10. The average Bonchev–Trinajstić information content (AvgIpc) is 2.31. The van der Waals surface area contributed by atoms with Crippen molar-refractivity contribution in [3.8, 4) is 0 Å². The van der Waals surface area contributed by atoms with E-state index in [4.69, 9.17) is 0 Å². The Morgan fingerprint density at radius 1 is 0.688 bits per heavy atom. The lowest BCUT2D eigenvalue weighted by Gasteiger charge is -1.98. The molecule has 0 N–H and O–H groups in total. The Morgan fingerprint density at radius 2 is 1.19 bits per heavy atom. The predicted molar refractivity (Wildman–Crippen MR) is 75.6 cm³/mol. The maximum Gasteiger partial charge on any atom is -0.0351 e. The summed E-state index contributed by atoms with van der Waals surface area (Å²) in [5.41, 5.74) is 0. The summed E-state index contributed by atoms with van der Waals surface area (Å²) in [6.07, 6.45) is 20.9. The monoisotopic (exact) mass is 223 g/mol.